The maximum atomic E-state index is 4.64. The molecule has 2 heteroatoms. The van der Waals surface area contributed by atoms with Gasteiger partial charge in [0.05, 0.1) is 11.4 Å². The lowest BCUT2D eigenvalue weighted by Crippen LogP contribution is -2.29. The van der Waals surface area contributed by atoms with Crippen molar-refractivity contribution in [3.8, 4) is 33.4 Å². The van der Waals surface area contributed by atoms with Crippen LogP contribution >= 0.6 is 0 Å². The van der Waals surface area contributed by atoms with Crippen molar-refractivity contribution in [2.45, 2.75) is 13.8 Å². The molecule has 1 heterocycles. The Labute approximate surface area is 341 Å². The maximum Gasteiger partial charge on any atom is 0.0865 e. The smallest absolute Gasteiger partial charge is 0.0865 e. The molecular weight excluding hydrogens is 701 g/mol. The summed E-state index contributed by atoms with van der Waals surface area (Å²) in [6, 6.07) is 53.4. The van der Waals surface area contributed by atoms with Gasteiger partial charge in [0, 0.05) is 12.2 Å². The summed E-state index contributed by atoms with van der Waals surface area (Å²) in [5.74, 6) is 0. The molecule has 0 unspecified atom stereocenters. The third-order valence-corrected chi connectivity index (χ3v) is 11.6. The summed E-state index contributed by atoms with van der Waals surface area (Å²) in [6.07, 6.45) is 11.9. The van der Waals surface area contributed by atoms with Crippen molar-refractivity contribution in [3.63, 3.8) is 0 Å². The minimum Gasteiger partial charge on any atom is -0.335 e. The second-order valence-corrected chi connectivity index (χ2v) is 15.0. The predicted molar refractivity (Wildman–Crippen MR) is 253 cm³/mol. The van der Waals surface area contributed by atoms with Crippen molar-refractivity contribution in [3.05, 3.63) is 218 Å². The van der Waals surface area contributed by atoms with E-state index in [-0.39, 0.29) is 0 Å². The van der Waals surface area contributed by atoms with E-state index in [0.717, 1.165) is 34.7 Å². The topological polar surface area (TPSA) is 15.6 Å². The molecule has 0 spiro atoms. The first kappa shape index (κ1) is 36.4. The van der Waals surface area contributed by atoms with Crippen molar-refractivity contribution in [2.75, 3.05) is 11.4 Å². The number of aliphatic imine (C=N–C) groups is 1. The molecule has 1 aliphatic heterocycles. The lowest BCUT2D eigenvalue weighted by molar-refractivity contribution is 0.937. The zero-order chi connectivity index (χ0) is 39.8. The number of hydrogen-bond donors (Lipinski definition) is 0. The molecule has 278 valence electrons. The average Bonchev–Trinajstić information content (AvgIpc) is 3.27. The van der Waals surface area contributed by atoms with Gasteiger partial charge in [0.1, 0.15) is 0 Å². The van der Waals surface area contributed by atoms with Gasteiger partial charge in [0.25, 0.3) is 0 Å². The summed E-state index contributed by atoms with van der Waals surface area (Å²) in [5, 5.41) is 9.82. The molecule has 0 N–H and O–H groups in total. The molecule has 8 aromatic carbocycles. The van der Waals surface area contributed by atoms with Crippen LogP contribution in [0.3, 0.4) is 0 Å². The van der Waals surface area contributed by atoms with Crippen LogP contribution in [-0.4, -0.2) is 13.3 Å². The summed E-state index contributed by atoms with van der Waals surface area (Å²) >= 11 is 0. The fraction of sp³-hybridized carbons (Fsp3) is 0.0536. The first-order chi connectivity index (χ1) is 28.5. The summed E-state index contributed by atoms with van der Waals surface area (Å²) < 4.78 is 0. The van der Waals surface area contributed by atoms with Gasteiger partial charge in [0.15, 0.2) is 0 Å². The van der Waals surface area contributed by atoms with Crippen molar-refractivity contribution >= 4 is 61.2 Å². The van der Waals surface area contributed by atoms with Gasteiger partial charge in [-0.1, -0.05) is 159 Å². The van der Waals surface area contributed by atoms with Gasteiger partial charge in [-0.25, -0.2) is 0 Å². The molecule has 1 aliphatic rings. The highest BCUT2D eigenvalue weighted by Crippen LogP contribution is 2.47. The highest BCUT2D eigenvalue weighted by atomic mass is 15.2. The zero-order valence-corrected chi connectivity index (χ0v) is 33.0. The highest BCUT2D eigenvalue weighted by molar-refractivity contribution is 6.22. The molecule has 0 aromatic heterocycles. The number of fused-ring (bicyclic) bond motifs is 4. The Morgan fingerprint density at radius 1 is 0.517 bits per heavy atom. The fourth-order valence-electron chi connectivity index (χ4n) is 8.82. The van der Waals surface area contributed by atoms with Gasteiger partial charge in [-0.2, -0.15) is 0 Å². The van der Waals surface area contributed by atoms with Crippen LogP contribution in [0, 0.1) is 0 Å². The van der Waals surface area contributed by atoms with E-state index >= 15 is 0 Å². The van der Waals surface area contributed by atoms with Crippen molar-refractivity contribution < 1.29 is 0 Å². The van der Waals surface area contributed by atoms with Crippen LogP contribution < -0.4 is 4.90 Å². The van der Waals surface area contributed by atoms with Crippen LogP contribution in [0.2, 0.25) is 0 Å². The second-order valence-electron chi connectivity index (χ2n) is 15.0. The minimum absolute atomic E-state index is 0.725. The standard InChI is InChI=1S/C56H44N2/c1-6-8-20-47-37(3)36-58(53(38(47)4)23-9-7-2)54-31-29-44(35-52(54)57-5)43-28-30-50-51(34-43)56(46-27-25-40-17-11-13-19-42(40)33-46)49-22-15-14-21-48(49)55(50)45-26-24-39-16-10-12-18-41(39)32-45/h6-35H,1-2,5,36H2,3-4H3/b20-8-,23-9-. The molecule has 8 aromatic rings. The number of nitrogens with zero attached hydrogens (tertiary/aromatic N) is 2. The molecule has 0 saturated carbocycles. The van der Waals surface area contributed by atoms with Crippen LogP contribution in [-0.2, 0) is 0 Å². The molecule has 0 aliphatic carbocycles. The third-order valence-electron chi connectivity index (χ3n) is 11.6. The maximum absolute atomic E-state index is 4.64. The monoisotopic (exact) mass is 744 g/mol. The molecule has 2 nitrogen and oxygen atoms in total. The number of benzene rings is 8. The van der Waals surface area contributed by atoms with Crippen LogP contribution in [0.15, 0.2) is 223 Å². The predicted octanol–water partition coefficient (Wildman–Crippen LogP) is 15.5. The van der Waals surface area contributed by atoms with E-state index in [1.54, 1.807) is 0 Å². The number of rotatable bonds is 9. The van der Waals surface area contributed by atoms with Crippen molar-refractivity contribution in [1.29, 1.82) is 0 Å². The lowest BCUT2D eigenvalue weighted by Gasteiger charge is -2.34. The third kappa shape index (κ3) is 6.39. The molecule has 0 fully saturated rings. The largest absolute Gasteiger partial charge is 0.335 e. The highest BCUT2D eigenvalue weighted by Gasteiger charge is 2.24. The average molecular weight is 745 g/mol. The van der Waals surface area contributed by atoms with E-state index in [1.807, 2.05) is 24.3 Å². The first-order valence-corrected chi connectivity index (χ1v) is 19.8. The van der Waals surface area contributed by atoms with Gasteiger partial charge in [-0.15, -0.1) is 0 Å². The van der Waals surface area contributed by atoms with Gasteiger partial charge >= 0.3 is 0 Å². The van der Waals surface area contributed by atoms with Crippen molar-refractivity contribution in [1.82, 2.24) is 0 Å². The Bertz CT molecular complexity index is 3110. The van der Waals surface area contributed by atoms with E-state index in [9.17, 15) is 0 Å². The SMILES string of the molecule is C=C/C=C\C1=C(C)CN(c2ccc(-c3ccc4c(-c5ccc6ccccc6c5)c5ccccc5c(-c5ccc6ccccc6c5)c4c3)cc2N=C)C(/C=C\C=C)=C1C. The molecule has 0 atom stereocenters. The van der Waals surface area contributed by atoms with E-state index in [0.29, 0.717) is 0 Å². The number of anilines is 1. The number of allylic oxidation sites excluding steroid dienone is 8. The van der Waals surface area contributed by atoms with Gasteiger partial charge in [-0.05, 0) is 150 Å². The lowest BCUT2D eigenvalue weighted by atomic mass is 9.84. The quantitative estimate of drug-likeness (QED) is 0.0816. The summed E-state index contributed by atoms with van der Waals surface area (Å²) in [4.78, 5) is 6.98. The van der Waals surface area contributed by atoms with E-state index in [1.165, 1.54) is 82.1 Å². The Morgan fingerprint density at radius 3 is 1.66 bits per heavy atom. The summed E-state index contributed by atoms with van der Waals surface area (Å²) in [5.41, 5.74) is 13.7. The first-order valence-electron chi connectivity index (χ1n) is 19.8. The van der Waals surface area contributed by atoms with Crippen LogP contribution in [0.5, 0.6) is 0 Å². The van der Waals surface area contributed by atoms with Crippen molar-refractivity contribution in [2.24, 2.45) is 4.99 Å². The van der Waals surface area contributed by atoms with Gasteiger partial charge in [-0.3, -0.25) is 4.99 Å². The normalized spacial score (nSPS) is 13.5. The molecule has 0 amide bonds. The Hall–Kier alpha value is -7.29. The molecule has 0 bridgehead atoms. The molecule has 0 saturated heterocycles. The van der Waals surface area contributed by atoms with E-state index in [2.05, 4.69) is 201 Å². The van der Waals surface area contributed by atoms with E-state index in [4.69, 9.17) is 0 Å². The number of hydrogen-bond acceptors (Lipinski definition) is 2. The Kier molecular flexibility index (Phi) is 9.61. The van der Waals surface area contributed by atoms with Crippen LogP contribution in [0.25, 0.3) is 76.5 Å². The summed E-state index contributed by atoms with van der Waals surface area (Å²) in [6.45, 7) is 17.0. The van der Waals surface area contributed by atoms with Gasteiger partial charge < -0.3 is 4.90 Å². The zero-order valence-electron chi connectivity index (χ0n) is 33.0. The fourth-order valence-corrected chi connectivity index (χ4v) is 8.82. The minimum atomic E-state index is 0.725. The van der Waals surface area contributed by atoms with Crippen LogP contribution in [0.4, 0.5) is 11.4 Å². The van der Waals surface area contributed by atoms with E-state index < -0.39 is 0 Å². The molecule has 9 rings (SSSR count). The second kappa shape index (κ2) is 15.3. The molecule has 58 heavy (non-hydrogen) atoms. The van der Waals surface area contributed by atoms with Gasteiger partial charge in [0.2, 0.25) is 0 Å². The molecule has 0 radical (unpaired) electrons. The summed E-state index contributed by atoms with van der Waals surface area (Å²) in [7, 11) is 0. The molecular formula is C56H44N2. The Morgan fingerprint density at radius 2 is 1.03 bits per heavy atom. The van der Waals surface area contributed by atoms with Crippen LogP contribution in [0.1, 0.15) is 13.8 Å². The Balaban J connectivity index is 1.26.